The summed E-state index contributed by atoms with van der Waals surface area (Å²) in [5.41, 5.74) is 0. The summed E-state index contributed by atoms with van der Waals surface area (Å²) in [6.45, 7) is 6.94. The Labute approximate surface area is 179 Å². The van der Waals surface area contributed by atoms with E-state index in [1.54, 1.807) is 0 Å². The minimum Gasteiger partial charge on any atom is -0.492 e. The van der Waals surface area contributed by atoms with Crippen LogP contribution < -0.4 is 10.1 Å². The van der Waals surface area contributed by atoms with Crippen molar-refractivity contribution in [2.75, 3.05) is 46.5 Å². The molecule has 0 radical (unpaired) electrons. The summed E-state index contributed by atoms with van der Waals surface area (Å²) >= 11 is 5.87. The fourth-order valence-corrected chi connectivity index (χ4v) is 2.96. The lowest BCUT2D eigenvalue weighted by atomic mass is 9.96. The average Bonchev–Trinajstić information content (AvgIpc) is 2.64. The molecule has 1 saturated heterocycles. The smallest absolute Gasteiger partial charge is 0.193 e. The first-order valence-electron chi connectivity index (χ1n) is 9.14. The van der Waals surface area contributed by atoms with Crippen LogP contribution in [0.1, 0.15) is 26.2 Å². The Morgan fingerprint density at radius 2 is 2.00 bits per heavy atom. The molecule has 2 rings (SSSR count). The lowest BCUT2D eigenvalue weighted by molar-refractivity contribution is 0.0625. The third-order valence-electron chi connectivity index (χ3n) is 4.35. The molecule has 0 aromatic heterocycles. The van der Waals surface area contributed by atoms with Gasteiger partial charge in [-0.3, -0.25) is 0 Å². The Kier molecular flexibility index (Phi) is 12.0. The van der Waals surface area contributed by atoms with E-state index in [-0.39, 0.29) is 24.0 Å². The molecule has 148 valence electrons. The van der Waals surface area contributed by atoms with E-state index in [4.69, 9.17) is 21.1 Å². The molecule has 0 amide bonds. The average molecular weight is 496 g/mol. The zero-order chi connectivity index (χ0) is 17.9. The van der Waals surface area contributed by atoms with Gasteiger partial charge in [-0.05, 0) is 56.4 Å². The number of rotatable bonds is 8. The van der Waals surface area contributed by atoms with Gasteiger partial charge in [-0.1, -0.05) is 11.6 Å². The maximum Gasteiger partial charge on any atom is 0.193 e. The highest BCUT2D eigenvalue weighted by Gasteiger charge is 2.15. The molecule has 0 atom stereocenters. The molecule has 1 aromatic rings. The maximum absolute atomic E-state index is 5.87. The van der Waals surface area contributed by atoms with Crippen LogP contribution in [0.15, 0.2) is 29.3 Å². The third kappa shape index (κ3) is 8.77. The molecule has 1 aromatic carbocycles. The molecule has 1 aliphatic heterocycles. The van der Waals surface area contributed by atoms with Gasteiger partial charge in [-0.15, -0.1) is 24.0 Å². The number of benzene rings is 1. The first kappa shape index (κ1) is 23.3. The van der Waals surface area contributed by atoms with Crippen LogP contribution >= 0.6 is 35.6 Å². The van der Waals surface area contributed by atoms with Gasteiger partial charge >= 0.3 is 0 Å². The highest BCUT2D eigenvalue weighted by Crippen LogP contribution is 2.18. The van der Waals surface area contributed by atoms with Crippen LogP contribution in [0, 0.1) is 5.92 Å². The first-order chi connectivity index (χ1) is 12.2. The molecule has 7 heteroatoms. The summed E-state index contributed by atoms with van der Waals surface area (Å²) in [7, 11) is 2.10. The van der Waals surface area contributed by atoms with Gasteiger partial charge in [-0.25, -0.2) is 4.99 Å². The number of guanidine groups is 1. The number of ether oxygens (including phenoxy) is 2. The lowest BCUT2D eigenvalue weighted by Crippen LogP contribution is -2.40. The van der Waals surface area contributed by atoms with Gasteiger partial charge in [-0.2, -0.15) is 0 Å². The van der Waals surface area contributed by atoms with Gasteiger partial charge in [0, 0.05) is 38.4 Å². The lowest BCUT2D eigenvalue weighted by Gasteiger charge is -2.26. The summed E-state index contributed by atoms with van der Waals surface area (Å²) in [4.78, 5) is 6.88. The van der Waals surface area contributed by atoms with Gasteiger partial charge < -0.3 is 19.7 Å². The second-order valence-electron chi connectivity index (χ2n) is 6.30. The van der Waals surface area contributed by atoms with Crippen LogP contribution in [-0.2, 0) is 4.74 Å². The van der Waals surface area contributed by atoms with Crippen LogP contribution in [0.2, 0.25) is 5.02 Å². The number of hydrogen-bond donors (Lipinski definition) is 1. The Hall–Kier alpha value is -0.730. The SMILES string of the molecule is CCNC(=NCCOc1ccc(Cl)cc1)N(C)CCC1CCOCC1.I. The van der Waals surface area contributed by atoms with E-state index in [1.807, 2.05) is 24.3 Å². The van der Waals surface area contributed by atoms with Gasteiger partial charge in [0.25, 0.3) is 0 Å². The van der Waals surface area contributed by atoms with Gasteiger partial charge in [0.1, 0.15) is 12.4 Å². The van der Waals surface area contributed by atoms with Crippen LogP contribution in [0.4, 0.5) is 0 Å². The second kappa shape index (κ2) is 13.4. The van der Waals surface area contributed by atoms with Crippen molar-refractivity contribution in [2.24, 2.45) is 10.9 Å². The van der Waals surface area contributed by atoms with Gasteiger partial charge in [0.2, 0.25) is 0 Å². The minimum absolute atomic E-state index is 0. The molecule has 5 nitrogen and oxygen atoms in total. The van der Waals surface area contributed by atoms with Crippen molar-refractivity contribution in [3.05, 3.63) is 29.3 Å². The maximum atomic E-state index is 5.87. The van der Waals surface area contributed by atoms with E-state index in [2.05, 4.69) is 29.2 Å². The van der Waals surface area contributed by atoms with E-state index in [0.29, 0.717) is 18.2 Å². The normalized spacial score (nSPS) is 15.3. The van der Waals surface area contributed by atoms with Crippen molar-refractivity contribution in [3.63, 3.8) is 0 Å². The number of nitrogens with one attached hydrogen (secondary N) is 1. The molecular formula is C19H31ClIN3O2. The summed E-state index contributed by atoms with van der Waals surface area (Å²) in [5, 5.41) is 4.07. The zero-order valence-corrected chi connectivity index (χ0v) is 18.8. The van der Waals surface area contributed by atoms with E-state index >= 15 is 0 Å². The second-order valence-corrected chi connectivity index (χ2v) is 6.74. The molecule has 1 N–H and O–H groups in total. The van der Waals surface area contributed by atoms with Crippen LogP contribution in [-0.4, -0.2) is 57.4 Å². The van der Waals surface area contributed by atoms with Crippen LogP contribution in [0.5, 0.6) is 5.75 Å². The number of aliphatic imine (C=N–C) groups is 1. The van der Waals surface area contributed by atoms with E-state index in [1.165, 1.54) is 19.3 Å². The van der Waals surface area contributed by atoms with Gasteiger partial charge in [0.15, 0.2) is 5.96 Å². The summed E-state index contributed by atoms with van der Waals surface area (Å²) in [6, 6.07) is 7.40. The minimum atomic E-state index is 0. The molecule has 1 aliphatic rings. The predicted octanol–water partition coefficient (Wildman–Crippen LogP) is 4.05. The van der Waals surface area contributed by atoms with Crippen molar-refractivity contribution in [3.8, 4) is 5.75 Å². The topological polar surface area (TPSA) is 46.1 Å². The third-order valence-corrected chi connectivity index (χ3v) is 4.60. The number of nitrogens with zero attached hydrogens (tertiary/aromatic N) is 2. The van der Waals surface area contributed by atoms with Crippen LogP contribution in [0.3, 0.4) is 0 Å². The highest BCUT2D eigenvalue weighted by molar-refractivity contribution is 14.0. The Morgan fingerprint density at radius 1 is 1.31 bits per heavy atom. The fourth-order valence-electron chi connectivity index (χ4n) is 2.83. The van der Waals surface area contributed by atoms with Crippen molar-refractivity contribution in [1.82, 2.24) is 10.2 Å². The van der Waals surface area contributed by atoms with Crippen molar-refractivity contribution in [1.29, 1.82) is 0 Å². The molecule has 0 bridgehead atoms. The van der Waals surface area contributed by atoms with E-state index < -0.39 is 0 Å². The molecule has 1 heterocycles. The molecule has 0 saturated carbocycles. The van der Waals surface area contributed by atoms with Crippen molar-refractivity contribution < 1.29 is 9.47 Å². The van der Waals surface area contributed by atoms with Crippen LogP contribution in [0.25, 0.3) is 0 Å². The van der Waals surface area contributed by atoms with Crippen molar-refractivity contribution >= 4 is 41.5 Å². The van der Waals surface area contributed by atoms with Crippen molar-refractivity contribution in [2.45, 2.75) is 26.2 Å². The fraction of sp³-hybridized carbons (Fsp3) is 0.632. The Bertz CT molecular complexity index is 522. The molecule has 1 fully saturated rings. The predicted molar refractivity (Wildman–Crippen MR) is 119 cm³/mol. The number of hydrogen-bond acceptors (Lipinski definition) is 3. The van der Waals surface area contributed by atoms with Gasteiger partial charge in [0.05, 0.1) is 6.54 Å². The quantitative estimate of drug-likeness (QED) is 0.256. The molecular weight excluding hydrogens is 465 g/mol. The van der Waals surface area contributed by atoms with E-state index in [0.717, 1.165) is 43.9 Å². The molecule has 0 spiro atoms. The largest absolute Gasteiger partial charge is 0.492 e. The Balaban J connectivity index is 0.00000338. The summed E-state index contributed by atoms with van der Waals surface area (Å²) in [6.07, 6.45) is 3.54. The summed E-state index contributed by atoms with van der Waals surface area (Å²) < 4.78 is 11.1. The number of halogens is 2. The first-order valence-corrected chi connectivity index (χ1v) is 9.52. The zero-order valence-electron chi connectivity index (χ0n) is 15.7. The molecule has 0 aliphatic carbocycles. The van der Waals surface area contributed by atoms with E-state index in [9.17, 15) is 0 Å². The monoisotopic (exact) mass is 495 g/mol. The standard InChI is InChI=1S/C19H30ClN3O2.HI/c1-3-21-19(23(2)12-8-16-9-13-24-14-10-16)22-11-15-25-18-6-4-17(20)5-7-18;/h4-7,16H,3,8-15H2,1-2H3,(H,21,22);1H. The highest BCUT2D eigenvalue weighted by atomic mass is 127. The Morgan fingerprint density at radius 3 is 2.65 bits per heavy atom. The molecule has 0 unspecified atom stereocenters. The molecule has 26 heavy (non-hydrogen) atoms. The summed E-state index contributed by atoms with van der Waals surface area (Å²) in [5.74, 6) is 2.53.